The molecule has 2 saturated heterocycles. The highest BCUT2D eigenvalue weighted by Crippen LogP contribution is 2.55. The van der Waals surface area contributed by atoms with E-state index in [0.29, 0.717) is 27.6 Å². The number of thiocarbonyl (C=S) groups is 1. The second kappa shape index (κ2) is 7.32. The van der Waals surface area contributed by atoms with Gasteiger partial charge in [0.15, 0.2) is 5.54 Å². The van der Waals surface area contributed by atoms with Gasteiger partial charge in [-0.3, -0.25) is 9.59 Å². The number of nitrogens with zero attached hydrogens (tertiary/aromatic N) is 1. The summed E-state index contributed by atoms with van der Waals surface area (Å²) in [6.45, 7) is 0. The van der Waals surface area contributed by atoms with Crippen LogP contribution >= 0.6 is 23.8 Å². The van der Waals surface area contributed by atoms with Gasteiger partial charge in [-0.1, -0.05) is 54.1 Å². The minimum atomic E-state index is -1.77. The summed E-state index contributed by atoms with van der Waals surface area (Å²) in [5.74, 6) is -0.462. The topological polar surface area (TPSA) is 67.9 Å². The number of rotatable bonds is 4. The first-order chi connectivity index (χ1) is 15.4. The Hall–Kier alpha value is -3.42. The largest absolute Gasteiger partial charge is 0.497 e. The van der Waals surface area contributed by atoms with Crippen LogP contribution in [0.5, 0.6) is 5.75 Å². The Bertz CT molecular complexity index is 1250. The minimum Gasteiger partial charge on any atom is -0.497 e. The molecule has 1 N–H and O–H groups in total. The summed E-state index contributed by atoms with van der Waals surface area (Å²) < 4.78 is 11.3. The van der Waals surface area contributed by atoms with Gasteiger partial charge in [0.25, 0.3) is 22.6 Å². The van der Waals surface area contributed by atoms with Crippen LogP contribution in [0.15, 0.2) is 78.9 Å². The Morgan fingerprint density at radius 1 is 0.938 bits per heavy atom. The SMILES string of the molecule is COc1ccc(N2C(=O)[C@]3(c4ccccc4)NC(=S)O[C@]3(c3cccc(Cl)c3)C2=O)cc1. The zero-order valence-corrected chi connectivity index (χ0v) is 18.4. The quantitative estimate of drug-likeness (QED) is 0.466. The van der Waals surface area contributed by atoms with E-state index < -0.39 is 23.0 Å². The van der Waals surface area contributed by atoms with E-state index in [9.17, 15) is 9.59 Å². The molecule has 2 amide bonds. The van der Waals surface area contributed by atoms with Crippen molar-refractivity contribution < 1.29 is 19.1 Å². The Morgan fingerprint density at radius 2 is 1.62 bits per heavy atom. The summed E-state index contributed by atoms with van der Waals surface area (Å²) in [4.78, 5) is 29.4. The molecule has 160 valence electrons. The van der Waals surface area contributed by atoms with Crippen LogP contribution in [-0.4, -0.2) is 24.1 Å². The van der Waals surface area contributed by atoms with Gasteiger partial charge in [-0.05, 0) is 54.2 Å². The molecule has 2 aliphatic heterocycles. The standard InChI is InChI=1S/C24H17ClN2O4S/c1-30-19-12-10-18(11-13-19)27-20(28)23(15-6-3-2-4-7-15)24(21(27)29,31-22(32)26-23)16-8-5-9-17(25)14-16/h2-14H,1H3,(H,26,32)/t23-,24+/m0/s1. The fraction of sp³-hybridized carbons (Fsp3) is 0.125. The van der Waals surface area contributed by atoms with E-state index in [1.54, 1.807) is 79.9 Å². The fourth-order valence-electron chi connectivity index (χ4n) is 4.47. The lowest BCUT2D eigenvalue weighted by atomic mass is 9.73. The zero-order chi connectivity index (χ0) is 22.5. The number of nitrogens with one attached hydrogen (secondary N) is 1. The highest BCUT2D eigenvalue weighted by molar-refractivity contribution is 7.80. The molecular weight excluding hydrogens is 448 g/mol. The van der Waals surface area contributed by atoms with Crippen molar-refractivity contribution in [1.82, 2.24) is 5.32 Å². The first kappa shape index (κ1) is 20.5. The molecule has 6 nitrogen and oxygen atoms in total. The fourth-order valence-corrected chi connectivity index (χ4v) is 4.94. The van der Waals surface area contributed by atoms with Crippen molar-refractivity contribution in [2.75, 3.05) is 12.0 Å². The number of anilines is 1. The summed E-state index contributed by atoms with van der Waals surface area (Å²) in [6, 6.07) is 22.4. The normalized spacial score (nSPS) is 24.2. The molecule has 2 atom stereocenters. The summed E-state index contributed by atoms with van der Waals surface area (Å²) in [5.41, 5.74) is -2.01. The Balaban J connectivity index is 1.80. The predicted molar refractivity (Wildman–Crippen MR) is 124 cm³/mol. The van der Waals surface area contributed by atoms with Crippen molar-refractivity contribution in [3.8, 4) is 5.75 Å². The van der Waals surface area contributed by atoms with Gasteiger partial charge in [-0.25, -0.2) is 4.90 Å². The third kappa shape index (κ3) is 2.61. The van der Waals surface area contributed by atoms with Crippen LogP contribution in [0.3, 0.4) is 0 Å². The monoisotopic (exact) mass is 464 g/mol. The summed E-state index contributed by atoms with van der Waals surface area (Å²) in [6.07, 6.45) is 0. The molecular formula is C24H17ClN2O4S. The molecule has 2 aliphatic rings. The van der Waals surface area contributed by atoms with Crippen molar-refractivity contribution >= 4 is 46.5 Å². The number of carbonyl (C=O) groups excluding carboxylic acids is 2. The molecule has 3 aromatic carbocycles. The van der Waals surface area contributed by atoms with E-state index >= 15 is 0 Å². The average molecular weight is 465 g/mol. The maximum absolute atomic E-state index is 14.1. The number of halogens is 1. The van der Waals surface area contributed by atoms with Crippen molar-refractivity contribution in [2.24, 2.45) is 0 Å². The molecule has 8 heteroatoms. The van der Waals surface area contributed by atoms with Gasteiger partial charge in [0.2, 0.25) is 0 Å². The first-order valence-corrected chi connectivity index (χ1v) is 10.6. The maximum atomic E-state index is 14.1. The van der Waals surface area contributed by atoms with E-state index in [1.165, 1.54) is 0 Å². The van der Waals surface area contributed by atoms with Crippen LogP contribution in [-0.2, 0) is 25.5 Å². The zero-order valence-electron chi connectivity index (χ0n) is 16.9. The molecule has 2 heterocycles. The van der Waals surface area contributed by atoms with E-state index in [2.05, 4.69) is 5.32 Å². The Labute approximate surface area is 194 Å². The molecule has 32 heavy (non-hydrogen) atoms. The number of ether oxygens (including phenoxy) is 2. The third-order valence-electron chi connectivity index (χ3n) is 5.86. The maximum Gasteiger partial charge on any atom is 0.286 e. The Morgan fingerprint density at radius 3 is 2.28 bits per heavy atom. The molecule has 0 bridgehead atoms. The molecule has 0 radical (unpaired) electrons. The van der Waals surface area contributed by atoms with E-state index in [-0.39, 0.29) is 5.17 Å². The molecule has 0 unspecified atom stereocenters. The van der Waals surface area contributed by atoms with Crippen LogP contribution in [0.2, 0.25) is 5.02 Å². The van der Waals surface area contributed by atoms with Gasteiger partial charge >= 0.3 is 0 Å². The van der Waals surface area contributed by atoms with E-state index in [1.807, 2.05) is 6.07 Å². The van der Waals surface area contributed by atoms with Crippen LogP contribution < -0.4 is 15.0 Å². The number of fused-ring (bicyclic) bond motifs is 1. The number of hydrogen-bond acceptors (Lipinski definition) is 5. The smallest absolute Gasteiger partial charge is 0.286 e. The Kier molecular flexibility index (Phi) is 4.69. The second-order valence-electron chi connectivity index (χ2n) is 7.47. The van der Waals surface area contributed by atoms with Gasteiger partial charge in [0.1, 0.15) is 5.75 Å². The summed E-state index contributed by atoms with van der Waals surface area (Å²) >= 11 is 11.6. The van der Waals surface area contributed by atoms with Crippen LogP contribution in [0.4, 0.5) is 5.69 Å². The van der Waals surface area contributed by atoms with Crippen LogP contribution in [0.1, 0.15) is 11.1 Å². The lowest BCUT2D eigenvalue weighted by Crippen LogP contribution is -2.55. The lowest BCUT2D eigenvalue weighted by Gasteiger charge is -2.33. The highest BCUT2D eigenvalue weighted by atomic mass is 35.5. The predicted octanol–water partition coefficient (Wildman–Crippen LogP) is 3.92. The van der Waals surface area contributed by atoms with Gasteiger partial charge < -0.3 is 14.8 Å². The number of amides is 2. The van der Waals surface area contributed by atoms with E-state index in [0.717, 1.165) is 4.90 Å². The van der Waals surface area contributed by atoms with Crippen molar-refractivity contribution in [2.45, 2.75) is 11.1 Å². The van der Waals surface area contributed by atoms with Gasteiger partial charge in [-0.2, -0.15) is 0 Å². The molecule has 2 fully saturated rings. The molecule has 5 rings (SSSR count). The first-order valence-electron chi connectivity index (χ1n) is 9.80. The number of carbonyl (C=O) groups is 2. The number of imide groups is 1. The summed E-state index contributed by atoms with van der Waals surface area (Å²) in [5, 5.41) is 3.41. The third-order valence-corrected chi connectivity index (χ3v) is 6.28. The van der Waals surface area contributed by atoms with Crippen molar-refractivity contribution in [3.05, 3.63) is 95.0 Å². The second-order valence-corrected chi connectivity index (χ2v) is 8.27. The molecule has 0 spiro atoms. The van der Waals surface area contributed by atoms with Gasteiger partial charge in [0, 0.05) is 10.6 Å². The number of hydrogen-bond donors (Lipinski definition) is 1. The van der Waals surface area contributed by atoms with Crippen LogP contribution in [0, 0.1) is 0 Å². The summed E-state index contributed by atoms with van der Waals surface area (Å²) in [7, 11) is 1.54. The van der Waals surface area contributed by atoms with E-state index in [4.69, 9.17) is 33.3 Å². The molecule has 0 aromatic heterocycles. The van der Waals surface area contributed by atoms with Crippen molar-refractivity contribution in [3.63, 3.8) is 0 Å². The lowest BCUT2D eigenvalue weighted by molar-refractivity contribution is -0.135. The van der Waals surface area contributed by atoms with Crippen LogP contribution in [0.25, 0.3) is 0 Å². The number of methoxy groups -OCH3 is 1. The molecule has 0 saturated carbocycles. The van der Waals surface area contributed by atoms with Gasteiger partial charge in [0.05, 0.1) is 12.8 Å². The minimum absolute atomic E-state index is 0.0371. The average Bonchev–Trinajstić information content (AvgIpc) is 3.23. The molecule has 0 aliphatic carbocycles. The number of benzene rings is 3. The van der Waals surface area contributed by atoms with Gasteiger partial charge in [-0.15, -0.1) is 0 Å². The van der Waals surface area contributed by atoms with Crippen molar-refractivity contribution in [1.29, 1.82) is 0 Å². The molecule has 3 aromatic rings. The highest BCUT2D eigenvalue weighted by Gasteiger charge is 2.77.